The minimum atomic E-state index is 0. The molecule has 0 aromatic carbocycles. The summed E-state index contributed by atoms with van der Waals surface area (Å²) in [5, 5.41) is 8.04. The van der Waals surface area contributed by atoms with Gasteiger partial charge in [0.15, 0.2) is 5.82 Å². The van der Waals surface area contributed by atoms with E-state index >= 15 is 0 Å². The highest BCUT2D eigenvalue weighted by Crippen LogP contribution is 2.28. The Hall–Kier alpha value is -1.90. The van der Waals surface area contributed by atoms with Crippen LogP contribution in [0.25, 0.3) is 11.5 Å². The number of halogens is 1. The Morgan fingerprint density at radius 2 is 2.32 bits per heavy atom. The second kappa shape index (κ2) is 7.55. The van der Waals surface area contributed by atoms with E-state index in [1.807, 2.05) is 15.8 Å². The Morgan fingerprint density at radius 3 is 3.12 bits per heavy atom. The lowest BCUT2D eigenvalue weighted by molar-refractivity contribution is -0.128. The van der Waals surface area contributed by atoms with Gasteiger partial charge in [0.2, 0.25) is 5.91 Å². The number of ether oxygens (including phenoxy) is 1. The first kappa shape index (κ1) is 17.9. The zero-order chi connectivity index (χ0) is 16.5. The largest absolute Gasteiger partial charge is 0.383 e. The van der Waals surface area contributed by atoms with Crippen LogP contribution in [0.3, 0.4) is 0 Å². The van der Waals surface area contributed by atoms with Crippen molar-refractivity contribution >= 4 is 18.3 Å². The molecule has 2 aromatic rings. The van der Waals surface area contributed by atoms with Gasteiger partial charge >= 0.3 is 0 Å². The van der Waals surface area contributed by atoms with E-state index in [0.717, 1.165) is 31.2 Å². The van der Waals surface area contributed by atoms with Gasteiger partial charge in [-0.1, -0.05) is 0 Å². The lowest BCUT2D eigenvalue weighted by Gasteiger charge is -2.17. The van der Waals surface area contributed by atoms with Gasteiger partial charge in [-0.05, 0) is 6.07 Å². The number of imidazole rings is 1. The summed E-state index contributed by atoms with van der Waals surface area (Å²) in [5.41, 5.74) is 2.05. The van der Waals surface area contributed by atoms with Crippen molar-refractivity contribution in [2.75, 3.05) is 33.4 Å². The molecule has 0 aliphatic carbocycles. The number of likely N-dealkylation sites (tertiary alicyclic amines) is 1. The monoisotopic (exact) mass is 366 g/mol. The first-order chi connectivity index (χ1) is 11.8. The minimum Gasteiger partial charge on any atom is -0.383 e. The number of nitrogens with one attached hydrogen (secondary N) is 1. The number of fused-ring (bicyclic) bond motifs is 1. The van der Waals surface area contributed by atoms with Crippen molar-refractivity contribution in [3.05, 3.63) is 24.2 Å². The van der Waals surface area contributed by atoms with Gasteiger partial charge in [-0.2, -0.15) is 5.10 Å². The van der Waals surface area contributed by atoms with Gasteiger partial charge < -0.3 is 19.5 Å². The molecule has 0 bridgehead atoms. The highest BCUT2D eigenvalue weighted by atomic mass is 35.5. The standard InChI is InChI=1S/C16H22N6O2.ClH/c1-24-7-6-20-11-13(9-15(20)23)21-4-3-18-16(21)14-8-12-10-17-2-5-22(12)19-14;/h3-4,8,13,17H,2,5-7,9-11H2,1H3;1H. The molecule has 25 heavy (non-hydrogen) atoms. The van der Waals surface area contributed by atoms with E-state index < -0.39 is 0 Å². The van der Waals surface area contributed by atoms with Crippen molar-refractivity contribution in [2.45, 2.75) is 25.6 Å². The summed E-state index contributed by atoms with van der Waals surface area (Å²) in [4.78, 5) is 18.6. The average molecular weight is 367 g/mol. The Kier molecular flexibility index (Phi) is 5.41. The highest BCUT2D eigenvalue weighted by Gasteiger charge is 2.32. The summed E-state index contributed by atoms with van der Waals surface area (Å²) in [6.45, 7) is 4.55. The molecule has 1 N–H and O–H groups in total. The van der Waals surface area contributed by atoms with E-state index in [4.69, 9.17) is 4.74 Å². The Balaban J connectivity index is 0.00000182. The molecule has 1 saturated heterocycles. The number of carbonyl (C=O) groups excluding carboxylic acids is 1. The van der Waals surface area contributed by atoms with Crippen LogP contribution in [0.15, 0.2) is 18.5 Å². The third-order valence-corrected chi connectivity index (χ3v) is 4.72. The molecule has 1 unspecified atom stereocenters. The predicted molar refractivity (Wildman–Crippen MR) is 94.5 cm³/mol. The number of methoxy groups -OCH3 is 1. The summed E-state index contributed by atoms with van der Waals surface area (Å²) in [7, 11) is 1.65. The lowest BCUT2D eigenvalue weighted by atomic mass is 10.2. The zero-order valence-electron chi connectivity index (χ0n) is 14.2. The lowest BCUT2D eigenvalue weighted by Crippen LogP contribution is -2.29. The fourth-order valence-corrected chi connectivity index (χ4v) is 3.46. The van der Waals surface area contributed by atoms with E-state index in [1.54, 1.807) is 13.3 Å². The summed E-state index contributed by atoms with van der Waals surface area (Å²) in [5.74, 6) is 1.01. The number of carbonyl (C=O) groups is 1. The third-order valence-electron chi connectivity index (χ3n) is 4.72. The average Bonchev–Trinajstić information content (AvgIpc) is 3.30. The van der Waals surface area contributed by atoms with Crippen molar-refractivity contribution in [1.82, 2.24) is 29.5 Å². The van der Waals surface area contributed by atoms with E-state index in [1.165, 1.54) is 5.69 Å². The number of aromatic nitrogens is 4. The van der Waals surface area contributed by atoms with Crippen molar-refractivity contribution in [3.63, 3.8) is 0 Å². The number of hydrogen-bond donors (Lipinski definition) is 1. The van der Waals surface area contributed by atoms with Gasteiger partial charge in [0.1, 0.15) is 5.69 Å². The third kappa shape index (κ3) is 3.42. The van der Waals surface area contributed by atoms with E-state index in [0.29, 0.717) is 26.1 Å². The van der Waals surface area contributed by atoms with Gasteiger partial charge in [-0.3, -0.25) is 9.48 Å². The maximum Gasteiger partial charge on any atom is 0.224 e. The van der Waals surface area contributed by atoms with Crippen LogP contribution >= 0.6 is 12.4 Å². The molecule has 0 radical (unpaired) electrons. The summed E-state index contributed by atoms with van der Waals surface area (Å²) >= 11 is 0. The summed E-state index contributed by atoms with van der Waals surface area (Å²) in [6, 6.07) is 2.19. The number of rotatable bonds is 5. The highest BCUT2D eigenvalue weighted by molar-refractivity contribution is 5.85. The molecule has 4 rings (SSSR count). The van der Waals surface area contributed by atoms with E-state index in [9.17, 15) is 4.79 Å². The van der Waals surface area contributed by atoms with Crippen LogP contribution in [-0.4, -0.2) is 63.5 Å². The van der Waals surface area contributed by atoms with Crippen molar-refractivity contribution in [3.8, 4) is 11.5 Å². The second-order valence-electron chi connectivity index (χ2n) is 6.27. The van der Waals surface area contributed by atoms with Crippen molar-refractivity contribution in [2.24, 2.45) is 0 Å². The van der Waals surface area contributed by atoms with Crippen LogP contribution < -0.4 is 5.32 Å². The molecule has 0 spiro atoms. The smallest absolute Gasteiger partial charge is 0.224 e. The topological polar surface area (TPSA) is 77.2 Å². The molecule has 1 atom stereocenters. The SMILES string of the molecule is COCCN1CC(n2ccnc2-c2cc3n(n2)CCNC3)CC1=O.Cl. The molecular weight excluding hydrogens is 344 g/mol. The van der Waals surface area contributed by atoms with Crippen molar-refractivity contribution in [1.29, 1.82) is 0 Å². The maximum atomic E-state index is 12.2. The van der Waals surface area contributed by atoms with Gasteiger partial charge in [-0.15, -0.1) is 12.4 Å². The molecule has 0 saturated carbocycles. The first-order valence-electron chi connectivity index (χ1n) is 8.33. The van der Waals surface area contributed by atoms with Crippen LogP contribution in [0.2, 0.25) is 0 Å². The molecule has 2 aliphatic rings. The van der Waals surface area contributed by atoms with Gasteiger partial charge in [-0.25, -0.2) is 4.98 Å². The number of hydrogen-bond acceptors (Lipinski definition) is 5. The number of nitrogens with zero attached hydrogens (tertiary/aromatic N) is 5. The Morgan fingerprint density at radius 1 is 1.44 bits per heavy atom. The molecule has 9 heteroatoms. The van der Waals surface area contributed by atoms with Crippen LogP contribution in [-0.2, 0) is 22.6 Å². The van der Waals surface area contributed by atoms with Gasteiger partial charge in [0.05, 0.1) is 24.9 Å². The van der Waals surface area contributed by atoms with Crippen molar-refractivity contribution < 1.29 is 9.53 Å². The molecule has 2 aromatic heterocycles. The molecule has 1 fully saturated rings. The Bertz CT molecular complexity index is 719. The summed E-state index contributed by atoms with van der Waals surface area (Å²) in [6.07, 6.45) is 4.24. The maximum absolute atomic E-state index is 12.2. The van der Waals surface area contributed by atoms with Gasteiger partial charge in [0, 0.05) is 52.1 Å². The minimum absolute atomic E-state index is 0. The summed E-state index contributed by atoms with van der Waals surface area (Å²) < 4.78 is 9.21. The van der Waals surface area contributed by atoms with Crippen LogP contribution in [0.1, 0.15) is 18.2 Å². The van der Waals surface area contributed by atoms with Gasteiger partial charge in [0.25, 0.3) is 0 Å². The van der Waals surface area contributed by atoms with E-state index in [2.05, 4.69) is 26.0 Å². The zero-order valence-corrected chi connectivity index (χ0v) is 15.0. The molecule has 136 valence electrons. The number of amides is 1. The molecule has 4 heterocycles. The van der Waals surface area contributed by atoms with E-state index in [-0.39, 0.29) is 24.4 Å². The molecular formula is C16H23ClN6O2. The quantitative estimate of drug-likeness (QED) is 0.842. The van der Waals surface area contributed by atoms with Crippen LogP contribution in [0, 0.1) is 0 Å². The molecule has 2 aliphatic heterocycles. The first-order valence-corrected chi connectivity index (χ1v) is 8.33. The second-order valence-corrected chi connectivity index (χ2v) is 6.27. The molecule has 8 nitrogen and oxygen atoms in total. The fourth-order valence-electron chi connectivity index (χ4n) is 3.46. The van der Waals surface area contributed by atoms with Crippen LogP contribution in [0.5, 0.6) is 0 Å². The van der Waals surface area contributed by atoms with Crippen LogP contribution in [0.4, 0.5) is 0 Å². The fraction of sp³-hybridized carbons (Fsp3) is 0.562. The normalized spacial score (nSPS) is 19.8. The molecule has 1 amide bonds. The Labute approximate surface area is 152 Å². The predicted octanol–water partition coefficient (Wildman–Crippen LogP) is 0.691.